The van der Waals surface area contributed by atoms with E-state index in [0.717, 1.165) is 20.0 Å². The fourth-order valence-corrected chi connectivity index (χ4v) is 3.46. The summed E-state index contributed by atoms with van der Waals surface area (Å²) < 4.78 is 1.12. The molecule has 0 aliphatic carbocycles. The van der Waals surface area contributed by atoms with E-state index in [0.29, 0.717) is 13.1 Å². The predicted molar refractivity (Wildman–Crippen MR) is 79.9 cm³/mol. The summed E-state index contributed by atoms with van der Waals surface area (Å²) in [4.78, 5) is 13.6. The van der Waals surface area contributed by atoms with Gasteiger partial charge in [0.05, 0.1) is 11.6 Å². The molecule has 1 N–H and O–H groups in total. The molecule has 100 valence electrons. The molecule has 3 nitrogen and oxygen atoms in total. The second-order valence-corrected chi connectivity index (χ2v) is 5.70. The molecule has 0 saturated heterocycles. The molecule has 0 atom stereocenters. The molecule has 0 fully saturated rings. The van der Waals surface area contributed by atoms with Gasteiger partial charge in [-0.25, -0.2) is 0 Å². The number of rotatable bonds is 6. The van der Waals surface area contributed by atoms with E-state index < -0.39 is 5.97 Å². The third-order valence-corrected chi connectivity index (χ3v) is 4.41. The van der Waals surface area contributed by atoms with Gasteiger partial charge in [0.25, 0.3) is 0 Å². The van der Waals surface area contributed by atoms with Crippen molar-refractivity contribution in [3.05, 3.63) is 46.8 Å². The van der Waals surface area contributed by atoms with Crippen molar-refractivity contribution in [2.45, 2.75) is 6.54 Å². The first-order chi connectivity index (χ1) is 9.11. The lowest BCUT2D eigenvalue weighted by molar-refractivity contribution is -0.138. The third-order valence-electron chi connectivity index (χ3n) is 2.71. The molecule has 0 aliphatic heterocycles. The van der Waals surface area contributed by atoms with Gasteiger partial charge in [0.15, 0.2) is 0 Å². The molecule has 19 heavy (non-hydrogen) atoms. The van der Waals surface area contributed by atoms with Crippen molar-refractivity contribution in [3.8, 4) is 0 Å². The van der Waals surface area contributed by atoms with Gasteiger partial charge in [-0.1, -0.05) is 35.9 Å². The molecule has 1 aromatic heterocycles. The zero-order chi connectivity index (χ0) is 13.8. The Morgan fingerprint density at radius 3 is 2.84 bits per heavy atom. The Morgan fingerprint density at radius 1 is 1.47 bits per heavy atom. The van der Waals surface area contributed by atoms with Crippen LogP contribution in [0.15, 0.2) is 36.9 Å². The number of carbonyl (C=O) groups is 1. The van der Waals surface area contributed by atoms with Gasteiger partial charge in [0, 0.05) is 28.1 Å². The van der Waals surface area contributed by atoms with E-state index in [-0.39, 0.29) is 6.54 Å². The van der Waals surface area contributed by atoms with E-state index in [1.54, 1.807) is 22.3 Å². The van der Waals surface area contributed by atoms with Gasteiger partial charge in [-0.2, -0.15) is 0 Å². The zero-order valence-electron chi connectivity index (χ0n) is 10.3. The van der Waals surface area contributed by atoms with Gasteiger partial charge in [0.2, 0.25) is 0 Å². The highest BCUT2D eigenvalue weighted by molar-refractivity contribution is 7.19. The lowest BCUT2D eigenvalue weighted by Crippen LogP contribution is -2.29. The molecule has 1 aromatic carbocycles. The number of carboxylic acids is 1. The minimum absolute atomic E-state index is 0.0173. The van der Waals surface area contributed by atoms with E-state index in [1.165, 1.54) is 0 Å². The summed E-state index contributed by atoms with van der Waals surface area (Å²) in [7, 11) is 0. The van der Waals surface area contributed by atoms with Crippen LogP contribution in [-0.2, 0) is 11.3 Å². The van der Waals surface area contributed by atoms with Gasteiger partial charge in [-0.3, -0.25) is 9.69 Å². The van der Waals surface area contributed by atoms with Crippen LogP contribution in [0.1, 0.15) is 4.88 Å². The number of thiophene rings is 1. The molecule has 2 rings (SSSR count). The van der Waals surface area contributed by atoms with Crippen LogP contribution < -0.4 is 0 Å². The summed E-state index contributed by atoms with van der Waals surface area (Å²) >= 11 is 7.95. The van der Waals surface area contributed by atoms with Crippen LogP contribution in [0, 0.1) is 0 Å². The van der Waals surface area contributed by atoms with E-state index in [1.807, 2.05) is 24.3 Å². The number of nitrogens with zero attached hydrogens (tertiary/aromatic N) is 1. The van der Waals surface area contributed by atoms with Crippen molar-refractivity contribution >= 4 is 39.0 Å². The van der Waals surface area contributed by atoms with Crippen molar-refractivity contribution < 1.29 is 9.90 Å². The fraction of sp³-hybridized carbons (Fsp3) is 0.214. The SMILES string of the molecule is C=CCN(CC(=O)O)Cc1sc2ccccc2c1Cl. The second kappa shape index (κ2) is 6.19. The number of carboxylic acid groups (broad SMARTS) is 1. The van der Waals surface area contributed by atoms with Crippen LogP contribution in [-0.4, -0.2) is 29.1 Å². The van der Waals surface area contributed by atoms with Crippen molar-refractivity contribution in [1.29, 1.82) is 0 Å². The van der Waals surface area contributed by atoms with Crippen LogP contribution in [0.3, 0.4) is 0 Å². The van der Waals surface area contributed by atoms with E-state index in [2.05, 4.69) is 6.58 Å². The smallest absolute Gasteiger partial charge is 0.317 e. The van der Waals surface area contributed by atoms with Crippen LogP contribution in [0.4, 0.5) is 0 Å². The molecule has 0 amide bonds. The van der Waals surface area contributed by atoms with Crippen LogP contribution in [0.25, 0.3) is 10.1 Å². The molecule has 0 spiro atoms. The zero-order valence-corrected chi connectivity index (χ0v) is 11.9. The predicted octanol–water partition coefficient (Wildman–Crippen LogP) is 3.63. The molecule has 0 aliphatic rings. The Bertz CT molecular complexity index is 609. The highest BCUT2D eigenvalue weighted by Gasteiger charge is 2.14. The van der Waals surface area contributed by atoms with Gasteiger partial charge >= 0.3 is 5.97 Å². The Labute approximate surface area is 120 Å². The topological polar surface area (TPSA) is 40.5 Å². The number of hydrogen-bond acceptors (Lipinski definition) is 3. The first-order valence-corrected chi connectivity index (χ1v) is 7.02. The Hall–Kier alpha value is -1.36. The normalized spacial score (nSPS) is 11.1. The highest BCUT2D eigenvalue weighted by atomic mass is 35.5. The molecule has 5 heteroatoms. The average molecular weight is 296 g/mol. The van der Waals surface area contributed by atoms with Gasteiger partial charge in [-0.05, 0) is 6.07 Å². The Balaban J connectivity index is 2.25. The lowest BCUT2D eigenvalue weighted by atomic mass is 10.2. The summed E-state index contributed by atoms with van der Waals surface area (Å²) in [5.41, 5.74) is 0. The quantitative estimate of drug-likeness (QED) is 0.827. The van der Waals surface area contributed by atoms with Gasteiger partial charge < -0.3 is 5.11 Å². The fourth-order valence-electron chi connectivity index (χ4n) is 1.93. The van der Waals surface area contributed by atoms with Crippen molar-refractivity contribution in [1.82, 2.24) is 4.90 Å². The number of aliphatic carboxylic acids is 1. The third kappa shape index (κ3) is 3.35. The second-order valence-electron chi connectivity index (χ2n) is 4.19. The summed E-state index contributed by atoms with van der Waals surface area (Å²) in [6.07, 6.45) is 1.70. The van der Waals surface area contributed by atoms with Gasteiger partial charge in [0.1, 0.15) is 0 Å². The monoisotopic (exact) mass is 295 g/mol. The van der Waals surface area contributed by atoms with Crippen molar-refractivity contribution in [2.75, 3.05) is 13.1 Å². The van der Waals surface area contributed by atoms with Gasteiger partial charge in [-0.15, -0.1) is 17.9 Å². The Kier molecular flexibility index (Phi) is 4.58. The Morgan fingerprint density at radius 2 is 2.21 bits per heavy atom. The van der Waals surface area contributed by atoms with E-state index >= 15 is 0 Å². The van der Waals surface area contributed by atoms with E-state index in [4.69, 9.17) is 16.7 Å². The van der Waals surface area contributed by atoms with Crippen LogP contribution in [0.5, 0.6) is 0 Å². The number of hydrogen-bond donors (Lipinski definition) is 1. The summed E-state index contributed by atoms with van der Waals surface area (Å²) in [6, 6.07) is 7.91. The van der Waals surface area contributed by atoms with Crippen molar-refractivity contribution in [2.24, 2.45) is 0 Å². The molecule has 2 aromatic rings. The summed E-state index contributed by atoms with van der Waals surface area (Å²) in [5, 5.41) is 10.6. The maximum atomic E-state index is 10.8. The van der Waals surface area contributed by atoms with Crippen LogP contribution in [0.2, 0.25) is 5.02 Å². The van der Waals surface area contributed by atoms with Crippen LogP contribution >= 0.6 is 22.9 Å². The summed E-state index contributed by atoms with van der Waals surface area (Å²) in [6.45, 7) is 4.68. The molecule has 0 radical (unpaired) electrons. The standard InChI is InChI=1S/C14H14ClNO2S/c1-2-7-16(9-13(17)18)8-12-14(15)10-5-3-4-6-11(10)19-12/h2-6H,1,7-9H2,(H,17,18). The first kappa shape index (κ1) is 14.1. The molecule has 0 unspecified atom stereocenters. The first-order valence-electron chi connectivity index (χ1n) is 5.82. The number of benzene rings is 1. The number of halogens is 1. The average Bonchev–Trinajstić information content (AvgIpc) is 2.67. The largest absolute Gasteiger partial charge is 0.480 e. The highest BCUT2D eigenvalue weighted by Crippen LogP contribution is 2.35. The molecular weight excluding hydrogens is 282 g/mol. The molecular formula is C14H14ClNO2S. The number of fused-ring (bicyclic) bond motifs is 1. The lowest BCUT2D eigenvalue weighted by Gasteiger charge is -2.17. The maximum absolute atomic E-state index is 10.8. The van der Waals surface area contributed by atoms with E-state index in [9.17, 15) is 4.79 Å². The minimum atomic E-state index is -0.848. The van der Waals surface area contributed by atoms with Crippen molar-refractivity contribution in [3.63, 3.8) is 0 Å². The molecule has 1 heterocycles. The molecule has 0 saturated carbocycles. The maximum Gasteiger partial charge on any atom is 0.317 e. The molecule has 0 bridgehead atoms. The summed E-state index contributed by atoms with van der Waals surface area (Å²) in [5.74, 6) is -0.848. The minimum Gasteiger partial charge on any atom is -0.480 e.